The summed E-state index contributed by atoms with van der Waals surface area (Å²) in [6.07, 6.45) is 3.60. The van der Waals surface area contributed by atoms with E-state index in [0.29, 0.717) is 32.2 Å². The number of carbonyl (C=O) groups excluding carboxylic acids is 1. The smallest absolute Gasteiger partial charge is 0.335 e. The summed E-state index contributed by atoms with van der Waals surface area (Å²) in [6, 6.07) is 21.0. The van der Waals surface area contributed by atoms with E-state index in [-0.39, 0.29) is 68.5 Å². The second kappa shape index (κ2) is 16.1. The van der Waals surface area contributed by atoms with E-state index >= 15 is 0 Å². The van der Waals surface area contributed by atoms with Gasteiger partial charge in [0.15, 0.2) is 17.4 Å². The highest BCUT2D eigenvalue weighted by atomic mass is 19.1. The Labute approximate surface area is 321 Å². The zero-order valence-electron chi connectivity index (χ0n) is 29.8. The van der Waals surface area contributed by atoms with Gasteiger partial charge in [0.1, 0.15) is 17.5 Å². The van der Waals surface area contributed by atoms with Crippen LogP contribution in [0, 0.1) is 21.7 Å². The van der Waals surface area contributed by atoms with E-state index in [9.17, 15) is 43.5 Å². The minimum atomic E-state index is -1.32. The Morgan fingerprint density at radius 3 is 2.40 bits per heavy atom. The second-order valence-corrected chi connectivity index (χ2v) is 13.1. The van der Waals surface area contributed by atoms with Crippen molar-refractivity contribution in [2.75, 3.05) is 23.7 Å². The third kappa shape index (κ3) is 8.14. The number of carboxylic acids is 1. The zero-order valence-corrected chi connectivity index (χ0v) is 29.8. The van der Waals surface area contributed by atoms with Gasteiger partial charge in [-0.2, -0.15) is 4.98 Å². The fourth-order valence-corrected chi connectivity index (χ4v) is 6.48. The van der Waals surface area contributed by atoms with Crippen LogP contribution in [0.5, 0.6) is 5.75 Å². The summed E-state index contributed by atoms with van der Waals surface area (Å²) in [4.78, 5) is 57.3. The number of nitrogens with zero attached hydrogens (tertiary/aromatic N) is 3. The number of aromatic nitrogens is 2. The van der Waals surface area contributed by atoms with E-state index in [2.05, 4.69) is 25.9 Å². The quantitative estimate of drug-likeness (QED) is 0.0306. The number of nitrogens with one attached hydrogen (secondary N) is 3. The first-order chi connectivity index (χ1) is 27.5. The van der Waals surface area contributed by atoms with E-state index < -0.39 is 39.6 Å². The van der Waals surface area contributed by atoms with Crippen LogP contribution in [0.2, 0.25) is 0 Å². The van der Waals surface area contributed by atoms with Gasteiger partial charge < -0.3 is 30.6 Å². The highest BCUT2D eigenvalue weighted by Crippen LogP contribution is 2.43. The Bertz CT molecular complexity index is 2740. The molecule has 0 fully saturated rings. The summed E-state index contributed by atoms with van der Waals surface area (Å²) in [7, 11) is 0. The van der Waals surface area contributed by atoms with Crippen molar-refractivity contribution < 1.29 is 37.9 Å². The van der Waals surface area contributed by atoms with E-state index in [4.69, 9.17) is 4.42 Å². The Balaban J connectivity index is 1.00. The van der Waals surface area contributed by atoms with Gasteiger partial charge in [0, 0.05) is 53.0 Å². The van der Waals surface area contributed by atoms with Gasteiger partial charge in [-0.3, -0.25) is 19.7 Å². The largest absolute Gasteiger partial charge is 0.505 e. The number of halogens is 2. The van der Waals surface area contributed by atoms with Gasteiger partial charge in [-0.25, -0.2) is 18.6 Å². The molecular weight excluding hydrogens is 742 g/mol. The number of phenols is 1. The van der Waals surface area contributed by atoms with Crippen LogP contribution in [0.1, 0.15) is 46.4 Å². The number of hydrogen-bond donors (Lipinski definition) is 5. The van der Waals surface area contributed by atoms with Crippen molar-refractivity contribution in [2.45, 2.75) is 25.7 Å². The molecule has 0 spiro atoms. The lowest BCUT2D eigenvalue weighted by Gasteiger charge is -2.18. The third-order valence-electron chi connectivity index (χ3n) is 9.28. The second-order valence-electron chi connectivity index (χ2n) is 13.1. The van der Waals surface area contributed by atoms with E-state index in [1.165, 1.54) is 12.1 Å². The van der Waals surface area contributed by atoms with Gasteiger partial charge in [-0.15, -0.1) is 0 Å². The number of unbranched alkanes of at least 4 members (excludes halogenated alkanes) is 3. The van der Waals surface area contributed by atoms with Crippen LogP contribution >= 0.6 is 0 Å². The molecule has 0 atom stereocenters. The summed E-state index contributed by atoms with van der Waals surface area (Å²) in [6.45, 7) is 0.551. The number of hydrogen-bond acceptors (Lipinski definition) is 11. The molecule has 1 aromatic heterocycles. The fourth-order valence-electron chi connectivity index (χ4n) is 6.48. The van der Waals surface area contributed by atoms with E-state index in [1.54, 1.807) is 0 Å². The monoisotopic (exact) mass is 774 g/mol. The van der Waals surface area contributed by atoms with E-state index in [1.807, 2.05) is 42.5 Å². The maximum atomic E-state index is 14.7. The molecule has 57 heavy (non-hydrogen) atoms. The molecule has 5 N–H and O–H groups in total. The number of benzene rings is 5. The van der Waals surface area contributed by atoms with Gasteiger partial charge in [0.25, 0.3) is 5.91 Å². The molecule has 0 radical (unpaired) electrons. The number of phenolic OH excluding ortho intramolecular Hbond substituents is 1. The highest BCUT2D eigenvalue weighted by molar-refractivity contribution is 6.10. The number of rotatable bonds is 14. The van der Waals surface area contributed by atoms with Crippen molar-refractivity contribution >= 4 is 56.8 Å². The number of amides is 1. The molecule has 0 saturated heterocycles. The highest BCUT2D eigenvalue weighted by Gasteiger charge is 2.25. The maximum absolute atomic E-state index is 14.7. The lowest BCUT2D eigenvalue weighted by molar-refractivity contribution is -0.384. The molecular formula is C41H32F2N6O8. The summed E-state index contributed by atoms with van der Waals surface area (Å²) in [5, 5.41) is 42.4. The molecule has 0 saturated carbocycles. The Morgan fingerprint density at radius 1 is 0.860 bits per heavy atom. The van der Waals surface area contributed by atoms with Gasteiger partial charge in [-0.05, 0) is 65.6 Å². The molecule has 1 aliphatic heterocycles. The molecule has 288 valence electrons. The Kier molecular flexibility index (Phi) is 10.7. The SMILES string of the molecule is O=C(O)c1ccc(-c2c3cc(F)c(=O)cc-3oc3cc(O)c(F)cc23)c(C(=O)NCCCCCCNc2nc(Nc3ccc4ccccc4c3)ncc2[N+](=O)[O-])c1. The van der Waals surface area contributed by atoms with E-state index in [0.717, 1.165) is 53.0 Å². The van der Waals surface area contributed by atoms with Crippen LogP contribution in [0.15, 0.2) is 100 Å². The Hall–Kier alpha value is -7.49. The number of aromatic carboxylic acids is 1. The molecule has 7 rings (SSSR count). The number of fused-ring (bicyclic) bond motifs is 3. The molecule has 1 amide bonds. The predicted molar refractivity (Wildman–Crippen MR) is 208 cm³/mol. The number of carbonyl (C=O) groups is 2. The molecule has 4 aromatic carbocycles. The fraction of sp³-hybridized carbons (Fsp3) is 0.146. The van der Waals surface area contributed by atoms with Gasteiger partial charge >= 0.3 is 11.7 Å². The van der Waals surface area contributed by atoms with Crippen molar-refractivity contribution in [3.8, 4) is 28.2 Å². The number of nitro groups is 1. The number of anilines is 3. The summed E-state index contributed by atoms with van der Waals surface area (Å²) < 4.78 is 35.0. The average molecular weight is 775 g/mol. The molecule has 1 aliphatic carbocycles. The van der Waals surface area contributed by atoms with Crippen LogP contribution in [0.3, 0.4) is 0 Å². The molecule has 5 aromatic rings. The third-order valence-corrected chi connectivity index (χ3v) is 9.28. The van der Waals surface area contributed by atoms with Crippen LogP contribution in [0.25, 0.3) is 44.2 Å². The molecule has 2 aliphatic rings. The minimum Gasteiger partial charge on any atom is -0.505 e. The minimum absolute atomic E-state index is 0.0140. The Morgan fingerprint density at radius 2 is 1.63 bits per heavy atom. The first-order valence-electron chi connectivity index (χ1n) is 17.7. The normalized spacial score (nSPS) is 11.2. The molecule has 0 unspecified atom stereocenters. The molecule has 0 bridgehead atoms. The van der Waals surface area contributed by atoms with Crippen LogP contribution in [-0.4, -0.2) is 50.1 Å². The predicted octanol–water partition coefficient (Wildman–Crippen LogP) is 8.24. The average Bonchev–Trinajstić information content (AvgIpc) is 3.19. The zero-order chi connectivity index (χ0) is 40.2. The van der Waals surface area contributed by atoms with Crippen molar-refractivity contribution in [2.24, 2.45) is 0 Å². The van der Waals surface area contributed by atoms with Crippen LogP contribution in [0.4, 0.5) is 31.9 Å². The van der Waals surface area contributed by atoms with Gasteiger partial charge in [-0.1, -0.05) is 49.2 Å². The first kappa shape index (κ1) is 37.8. The molecule has 14 nitrogen and oxygen atoms in total. The number of carboxylic acid groups (broad SMARTS) is 1. The summed E-state index contributed by atoms with van der Waals surface area (Å²) in [5.74, 6) is -4.74. The summed E-state index contributed by atoms with van der Waals surface area (Å²) in [5.41, 5.74) is -0.744. The standard InChI is InChI=1S/C41H32F2N6O8/c42-30-17-28-35(19-33(30)50)57-36-20-34(51)31(43)18-29(36)37(28)26-12-10-24(40(53)54)16-27(26)39(52)45-14-6-2-1-5-13-44-38-32(49(55)56)21-46-41(48-38)47-25-11-9-22-7-3-4-8-23(22)15-25/h3-4,7-12,15-21,50H,1-2,5-6,13-14H2,(H,45,52)(H,53,54)(H2,44,46,47,48). The topological polar surface area (TPSA) is 210 Å². The van der Waals surface area contributed by atoms with Crippen LogP contribution < -0.4 is 21.4 Å². The maximum Gasteiger partial charge on any atom is 0.335 e. The van der Waals surface area contributed by atoms with Gasteiger partial charge in [0.05, 0.1) is 10.5 Å². The van der Waals surface area contributed by atoms with Gasteiger partial charge in [0.2, 0.25) is 17.2 Å². The molecule has 2 heterocycles. The van der Waals surface area contributed by atoms with Crippen molar-refractivity contribution in [1.82, 2.24) is 15.3 Å². The van der Waals surface area contributed by atoms with Crippen molar-refractivity contribution in [1.29, 1.82) is 0 Å². The lowest BCUT2D eigenvalue weighted by Crippen LogP contribution is -2.25. The van der Waals surface area contributed by atoms with Crippen molar-refractivity contribution in [3.63, 3.8) is 0 Å². The number of aromatic hydroxyl groups is 1. The van der Waals surface area contributed by atoms with Crippen LogP contribution in [-0.2, 0) is 0 Å². The lowest BCUT2D eigenvalue weighted by atomic mass is 9.89. The van der Waals surface area contributed by atoms with Crippen molar-refractivity contribution in [3.05, 3.63) is 134 Å². The molecule has 16 heteroatoms. The first-order valence-corrected chi connectivity index (χ1v) is 17.7. The summed E-state index contributed by atoms with van der Waals surface area (Å²) >= 11 is 0.